The molecule has 134 valence electrons. The summed E-state index contributed by atoms with van der Waals surface area (Å²) in [6.07, 6.45) is 3.26. The lowest BCUT2D eigenvalue weighted by Gasteiger charge is -2.11. The monoisotopic (exact) mass is 378 g/mol. The van der Waals surface area contributed by atoms with Gasteiger partial charge in [0.15, 0.2) is 11.5 Å². The molecule has 1 aliphatic rings. The summed E-state index contributed by atoms with van der Waals surface area (Å²) < 4.78 is 27.4. The fraction of sp³-hybridized carbons (Fsp3) is 0.150. The van der Waals surface area contributed by atoms with Crippen molar-refractivity contribution >= 4 is 16.6 Å². The second kappa shape index (κ2) is 6.89. The van der Waals surface area contributed by atoms with Crippen molar-refractivity contribution < 1.29 is 8.60 Å². The Morgan fingerprint density at radius 1 is 1.19 bits per heavy atom. The molecule has 1 fully saturated rings. The van der Waals surface area contributed by atoms with E-state index in [1.807, 2.05) is 30.3 Å². The Kier molecular flexibility index (Phi) is 4.42. The predicted molar refractivity (Wildman–Crippen MR) is 101 cm³/mol. The van der Waals surface area contributed by atoms with E-state index in [4.69, 9.17) is 11.0 Å². The highest BCUT2D eigenvalue weighted by molar-refractivity contribution is 7.86. The van der Waals surface area contributed by atoms with Crippen LogP contribution in [0.15, 0.2) is 53.6 Å². The third-order valence-corrected chi connectivity index (χ3v) is 6.26. The van der Waals surface area contributed by atoms with Crippen LogP contribution >= 0.6 is 0 Å². The summed E-state index contributed by atoms with van der Waals surface area (Å²) in [5, 5.41) is 9.23. The molecule has 0 aliphatic heterocycles. The predicted octanol–water partition coefficient (Wildman–Crippen LogP) is 3.67. The largest absolute Gasteiger partial charge is 0.381 e. The number of hydrogen-bond acceptors (Lipinski definition) is 5. The van der Waals surface area contributed by atoms with Gasteiger partial charge in [0.1, 0.15) is 11.9 Å². The van der Waals surface area contributed by atoms with Gasteiger partial charge in [-0.1, -0.05) is 24.3 Å². The number of nitrogen functional groups attached to an aromatic ring is 1. The average Bonchev–Trinajstić information content (AvgIpc) is 3.53. The normalized spacial score (nSPS) is 14.5. The number of rotatable bonds is 4. The maximum absolute atomic E-state index is 14.8. The van der Waals surface area contributed by atoms with Gasteiger partial charge in [-0.3, -0.25) is 4.21 Å². The van der Waals surface area contributed by atoms with Crippen molar-refractivity contribution in [1.82, 2.24) is 9.97 Å². The Bertz CT molecular complexity index is 1110. The van der Waals surface area contributed by atoms with E-state index in [0.717, 1.165) is 23.3 Å². The molecule has 27 heavy (non-hydrogen) atoms. The number of nitrogens with zero attached hydrogens (tertiary/aromatic N) is 3. The fourth-order valence-corrected chi connectivity index (χ4v) is 4.38. The second-order valence-corrected chi connectivity index (χ2v) is 7.99. The van der Waals surface area contributed by atoms with Crippen molar-refractivity contribution in [2.45, 2.75) is 23.0 Å². The first kappa shape index (κ1) is 17.3. The Balaban J connectivity index is 1.75. The lowest BCUT2D eigenvalue weighted by molar-refractivity contribution is 0.631. The molecule has 7 heteroatoms. The summed E-state index contributed by atoms with van der Waals surface area (Å²) in [5.41, 5.74) is 7.39. The standard InChI is InChI=1S/C20H15FN4OS/c21-16-9-12(14-3-1-2-4-19(14)27(26)13-6-7-13)5-8-15(16)18-11-24-20(23)17(10-22)25-18/h1-5,8-9,11,13H,6-7H2,(H2,23,24). The van der Waals surface area contributed by atoms with Gasteiger partial charge >= 0.3 is 0 Å². The Morgan fingerprint density at radius 3 is 2.67 bits per heavy atom. The van der Waals surface area contributed by atoms with Crippen LogP contribution in [0.5, 0.6) is 0 Å². The van der Waals surface area contributed by atoms with Gasteiger partial charge < -0.3 is 5.73 Å². The van der Waals surface area contributed by atoms with Crippen LogP contribution in [0.3, 0.4) is 0 Å². The third kappa shape index (κ3) is 3.32. The van der Waals surface area contributed by atoms with Crippen LogP contribution in [0.2, 0.25) is 0 Å². The Hall–Kier alpha value is -3.11. The molecule has 1 aliphatic carbocycles. The number of aromatic nitrogens is 2. The first-order valence-electron chi connectivity index (χ1n) is 8.41. The highest BCUT2D eigenvalue weighted by Crippen LogP contribution is 2.36. The molecular weight excluding hydrogens is 363 g/mol. The van der Waals surface area contributed by atoms with Crippen LogP contribution in [-0.2, 0) is 10.8 Å². The van der Waals surface area contributed by atoms with Crippen LogP contribution in [0.25, 0.3) is 22.4 Å². The summed E-state index contributed by atoms with van der Waals surface area (Å²) >= 11 is 0. The zero-order chi connectivity index (χ0) is 19.0. The van der Waals surface area contributed by atoms with E-state index in [0.29, 0.717) is 5.56 Å². The van der Waals surface area contributed by atoms with E-state index in [1.165, 1.54) is 12.3 Å². The van der Waals surface area contributed by atoms with E-state index >= 15 is 0 Å². The smallest absolute Gasteiger partial charge is 0.183 e. The summed E-state index contributed by atoms with van der Waals surface area (Å²) in [4.78, 5) is 8.69. The fourth-order valence-electron chi connectivity index (χ4n) is 2.84. The Labute approximate surface area is 158 Å². The van der Waals surface area contributed by atoms with Crippen molar-refractivity contribution in [3.8, 4) is 28.5 Å². The molecule has 0 radical (unpaired) electrons. The lowest BCUT2D eigenvalue weighted by atomic mass is 10.0. The molecule has 1 atom stereocenters. The highest BCUT2D eigenvalue weighted by Gasteiger charge is 2.30. The second-order valence-electron chi connectivity index (χ2n) is 6.29. The van der Waals surface area contributed by atoms with Crippen LogP contribution in [0, 0.1) is 17.1 Å². The molecule has 1 unspecified atom stereocenters. The van der Waals surface area contributed by atoms with Crippen LogP contribution in [0.1, 0.15) is 18.5 Å². The zero-order valence-electron chi connectivity index (χ0n) is 14.2. The molecule has 0 amide bonds. The molecule has 0 bridgehead atoms. The lowest BCUT2D eigenvalue weighted by Crippen LogP contribution is -2.01. The minimum absolute atomic E-state index is 0.00904. The first-order chi connectivity index (χ1) is 13.1. The SMILES string of the molecule is N#Cc1nc(-c2ccc(-c3ccccc3S(=O)C3CC3)cc2F)cnc1N. The number of anilines is 1. The van der Waals surface area contributed by atoms with E-state index in [9.17, 15) is 8.60 Å². The molecule has 3 aromatic rings. The van der Waals surface area contributed by atoms with Gasteiger partial charge in [0, 0.05) is 15.7 Å². The maximum atomic E-state index is 14.8. The number of hydrogen-bond donors (Lipinski definition) is 1. The van der Waals surface area contributed by atoms with Crippen LogP contribution < -0.4 is 5.73 Å². The maximum Gasteiger partial charge on any atom is 0.183 e. The van der Waals surface area contributed by atoms with E-state index < -0.39 is 16.6 Å². The molecule has 1 heterocycles. The van der Waals surface area contributed by atoms with Crippen molar-refractivity contribution in [3.63, 3.8) is 0 Å². The van der Waals surface area contributed by atoms with E-state index in [2.05, 4.69) is 9.97 Å². The molecule has 5 nitrogen and oxygen atoms in total. The average molecular weight is 378 g/mol. The van der Waals surface area contributed by atoms with Crippen molar-refractivity contribution in [1.29, 1.82) is 5.26 Å². The van der Waals surface area contributed by atoms with Crippen LogP contribution in [-0.4, -0.2) is 19.4 Å². The van der Waals surface area contributed by atoms with Gasteiger partial charge in [-0.05, 0) is 42.2 Å². The van der Waals surface area contributed by atoms with Gasteiger partial charge in [-0.15, -0.1) is 0 Å². The number of nitriles is 1. The topological polar surface area (TPSA) is 92.7 Å². The van der Waals surface area contributed by atoms with Crippen molar-refractivity contribution in [2.75, 3.05) is 5.73 Å². The quantitative estimate of drug-likeness (QED) is 0.748. The van der Waals surface area contributed by atoms with E-state index in [-0.39, 0.29) is 28.0 Å². The number of benzene rings is 2. The van der Waals surface area contributed by atoms with Gasteiger partial charge in [0.25, 0.3) is 0 Å². The minimum atomic E-state index is -1.09. The summed E-state index contributed by atoms with van der Waals surface area (Å²) in [6.45, 7) is 0. The molecule has 2 N–H and O–H groups in total. The molecular formula is C20H15FN4OS. The molecule has 0 spiro atoms. The third-order valence-electron chi connectivity index (χ3n) is 4.39. The number of nitrogens with two attached hydrogens (primary N) is 1. The molecule has 1 saturated carbocycles. The van der Waals surface area contributed by atoms with Gasteiger partial charge in [0.05, 0.1) is 22.7 Å². The van der Waals surface area contributed by atoms with Gasteiger partial charge in [0.2, 0.25) is 0 Å². The van der Waals surface area contributed by atoms with Crippen molar-refractivity contribution in [3.05, 3.63) is 60.2 Å². The van der Waals surface area contributed by atoms with Crippen molar-refractivity contribution in [2.24, 2.45) is 0 Å². The van der Waals surface area contributed by atoms with Gasteiger partial charge in [-0.25, -0.2) is 14.4 Å². The van der Waals surface area contributed by atoms with Gasteiger partial charge in [-0.2, -0.15) is 5.26 Å². The molecule has 4 rings (SSSR count). The molecule has 1 aromatic heterocycles. The van der Waals surface area contributed by atoms with Crippen LogP contribution in [0.4, 0.5) is 10.2 Å². The summed E-state index contributed by atoms with van der Waals surface area (Å²) in [7, 11) is -1.09. The zero-order valence-corrected chi connectivity index (χ0v) is 15.0. The minimum Gasteiger partial charge on any atom is -0.381 e. The summed E-state index contributed by atoms with van der Waals surface area (Å²) in [5.74, 6) is -0.489. The first-order valence-corrected chi connectivity index (χ1v) is 9.62. The van der Waals surface area contributed by atoms with E-state index in [1.54, 1.807) is 12.1 Å². The molecule has 2 aromatic carbocycles. The summed E-state index contributed by atoms with van der Waals surface area (Å²) in [6, 6.07) is 13.9. The molecule has 0 saturated heterocycles. The number of halogens is 1. The highest BCUT2D eigenvalue weighted by atomic mass is 32.2. The Morgan fingerprint density at radius 2 is 1.96 bits per heavy atom.